The van der Waals surface area contributed by atoms with Gasteiger partial charge < -0.3 is 24.0 Å². The van der Waals surface area contributed by atoms with Crippen LogP contribution in [0.5, 0.6) is 5.75 Å². The van der Waals surface area contributed by atoms with Crippen molar-refractivity contribution >= 4 is 23.0 Å². The summed E-state index contributed by atoms with van der Waals surface area (Å²) >= 11 is 0. The molecule has 1 unspecified atom stereocenters. The van der Waals surface area contributed by atoms with Crippen molar-refractivity contribution < 1.29 is 23.8 Å². The second kappa shape index (κ2) is 9.78. The molecule has 0 aliphatic carbocycles. The number of nitrogens with zero attached hydrogens (tertiary/aromatic N) is 3. The Morgan fingerprint density at radius 3 is 2.68 bits per heavy atom. The molecule has 34 heavy (non-hydrogen) atoms. The molecule has 184 valence electrons. The molecular weight excluding hydrogens is 434 g/mol. The second-order valence-electron chi connectivity index (χ2n) is 10.4. The Morgan fingerprint density at radius 2 is 1.91 bits per heavy atom. The predicted molar refractivity (Wildman–Crippen MR) is 129 cm³/mol. The number of benzene rings is 1. The summed E-state index contributed by atoms with van der Waals surface area (Å²) in [5.41, 5.74) is 0.941. The van der Waals surface area contributed by atoms with E-state index in [0.29, 0.717) is 17.9 Å². The van der Waals surface area contributed by atoms with Crippen LogP contribution in [0.3, 0.4) is 0 Å². The summed E-state index contributed by atoms with van der Waals surface area (Å²) in [5.74, 6) is 0.331. The van der Waals surface area contributed by atoms with Crippen molar-refractivity contribution in [1.29, 1.82) is 0 Å². The highest BCUT2D eigenvalue weighted by Gasteiger charge is 2.45. The molecule has 2 aliphatic heterocycles. The van der Waals surface area contributed by atoms with Crippen molar-refractivity contribution in [3.05, 3.63) is 36.0 Å². The maximum atomic E-state index is 12.4. The molecule has 2 aliphatic rings. The van der Waals surface area contributed by atoms with E-state index in [4.69, 9.17) is 14.2 Å². The van der Waals surface area contributed by atoms with Crippen LogP contribution in [0.15, 0.2) is 30.5 Å². The highest BCUT2D eigenvalue weighted by Crippen LogP contribution is 2.40. The lowest BCUT2D eigenvalue weighted by molar-refractivity contribution is 0.0273. The number of aromatic nitrogens is 1. The van der Waals surface area contributed by atoms with E-state index in [0.717, 1.165) is 62.9 Å². The SMILES string of the molecule is COC(=O)c1ccnc2ccc(OCCCN3CCC4(CCN(C(=O)OC(C)(C)C)C4)C3)cc12. The molecule has 4 rings (SSSR count). The van der Waals surface area contributed by atoms with Gasteiger partial charge in [0.2, 0.25) is 0 Å². The Bertz CT molecular complexity index is 1050. The van der Waals surface area contributed by atoms with Crippen LogP contribution in [-0.4, -0.2) is 78.9 Å². The number of amides is 1. The summed E-state index contributed by atoms with van der Waals surface area (Å²) in [4.78, 5) is 33.1. The van der Waals surface area contributed by atoms with E-state index < -0.39 is 5.60 Å². The van der Waals surface area contributed by atoms with Gasteiger partial charge in [-0.05, 0) is 70.8 Å². The molecule has 0 bridgehead atoms. The van der Waals surface area contributed by atoms with Crippen LogP contribution < -0.4 is 4.74 Å². The quantitative estimate of drug-likeness (QED) is 0.465. The molecule has 8 nitrogen and oxygen atoms in total. The van der Waals surface area contributed by atoms with Crippen LogP contribution in [0.25, 0.3) is 10.9 Å². The number of carbonyl (C=O) groups excluding carboxylic acids is 2. The number of fused-ring (bicyclic) bond motifs is 1. The van der Waals surface area contributed by atoms with Crippen LogP contribution >= 0.6 is 0 Å². The Hall–Kier alpha value is -2.87. The van der Waals surface area contributed by atoms with E-state index in [1.807, 2.05) is 43.9 Å². The van der Waals surface area contributed by atoms with Gasteiger partial charge in [0.05, 0.1) is 24.8 Å². The average molecular weight is 470 g/mol. The number of esters is 1. The zero-order chi connectivity index (χ0) is 24.3. The van der Waals surface area contributed by atoms with Crippen LogP contribution in [0.1, 0.15) is 50.4 Å². The fourth-order valence-corrected chi connectivity index (χ4v) is 4.95. The first kappa shape index (κ1) is 24.3. The third-order valence-electron chi connectivity index (χ3n) is 6.61. The van der Waals surface area contributed by atoms with Gasteiger partial charge in [-0.15, -0.1) is 0 Å². The van der Waals surface area contributed by atoms with E-state index in [-0.39, 0.29) is 17.5 Å². The smallest absolute Gasteiger partial charge is 0.410 e. The maximum absolute atomic E-state index is 12.4. The van der Waals surface area contributed by atoms with Gasteiger partial charge in [0.15, 0.2) is 0 Å². The van der Waals surface area contributed by atoms with Crippen LogP contribution in [0.2, 0.25) is 0 Å². The van der Waals surface area contributed by atoms with Gasteiger partial charge in [-0.1, -0.05) is 0 Å². The Kier molecular flexibility index (Phi) is 6.98. The Morgan fingerprint density at radius 1 is 1.12 bits per heavy atom. The number of likely N-dealkylation sites (tertiary alicyclic amines) is 2. The first-order valence-electron chi connectivity index (χ1n) is 12.0. The topological polar surface area (TPSA) is 81.2 Å². The Balaban J connectivity index is 1.25. The van der Waals surface area contributed by atoms with E-state index in [9.17, 15) is 9.59 Å². The van der Waals surface area contributed by atoms with Gasteiger partial charge in [-0.3, -0.25) is 4.98 Å². The highest BCUT2D eigenvalue weighted by molar-refractivity contribution is 6.03. The molecule has 1 spiro atoms. The number of carbonyl (C=O) groups is 2. The number of rotatable bonds is 6. The molecule has 2 saturated heterocycles. The normalized spacial score (nSPS) is 20.8. The predicted octanol–water partition coefficient (Wildman–Crippen LogP) is 4.12. The zero-order valence-corrected chi connectivity index (χ0v) is 20.6. The summed E-state index contributed by atoms with van der Waals surface area (Å²) < 4.78 is 16.4. The van der Waals surface area contributed by atoms with Crippen molar-refractivity contribution in [3.8, 4) is 5.75 Å². The van der Waals surface area contributed by atoms with E-state index in [1.54, 1.807) is 12.3 Å². The van der Waals surface area contributed by atoms with Crippen molar-refractivity contribution in [3.63, 3.8) is 0 Å². The third-order valence-corrected chi connectivity index (χ3v) is 6.61. The van der Waals surface area contributed by atoms with E-state index >= 15 is 0 Å². The number of pyridine rings is 1. The van der Waals surface area contributed by atoms with E-state index in [1.165, 1.54) is 7.11 Å². The summed E-state index contributed by atoms with van der Waals surface area (Å²) in [6.07, 6.45) is 4.46. The highest BCUT2D eigenvalue weighted by atomic mass is 16.6. The van der Waals surface area contributed by atoms with Crippen LogP contribution in [0, 0.1) is 5.41 Å². The van der Waals surface area contributed by atoms with Gasteiger partial charge in [0.1, 0.15) is 11.4 Å². The zero-order valence-electron chi connectivity index (χ0n) is 20.6. The third kappa shape index (κ3) is 5.60. The largest absolute Gasteiger partial charge is 0.494 e. The van der Waals surface area contributed by atoms with Gasteiger partial charge in [-0.2, -0.15) is 0 Å². The van der Waals surface area contributed by atoms with Crippen LogP contribution in [0.4, 0.5) is 4.79 Å². The summed E-state index contributed by atoms with van der Waals surface area (Å²) in [6, 6.07) is 7.25. The number of hydrogen-bond donors (Lipinski definition) is 0. The minimum atomic E-state index is -0.461. The molecule has 1 atom stereocenters. The monoisotopic (exact) mass is 469 g/mol. The lowest BCUT2D eigenvalue weighted by Crippen LogP contribution is -2.37. The molecule has 0 N–H and O–H groups in total. The molecule has 2 fully saturated rings. The standard InChI is InChI=1S/C26H35N3O5/c1-25(2,3)34-24(31)29-14-10-26(18-29)9-13-28(17-26)12-5-15-33-19-6-7-22-21(16-19)20(8-11-27-22)23(30)32-4/h6-8,11,16H,5,9-10,12-15,17-18H2,1-4H3. The number of methoxy groups -OCH3 is 1. The number of hydrogen-bond acceptors (Lipinski definition) is 7. The van der Waals surface area contributed by atoms with Crippen LogP contribution in [-0.2, 0) is 9.47 Å². The molecule has 0 radical (unpaired) electrons. The number of ether oxygens (including phenoxy) is 3. The minimum Gasteiger partial charge on any atom is -0.494 e. The van der Waals surface area contributed by atoms with Gasteiger partial charge in [0.25, 0.3) is 0 Å². The lowest BCUT2D eigenvalue weighted by Gasteiger charge is -2.27. The minimum absolute atomic E-state index is 0.188. The maximum Gasteiger partial charge on any atom is 0.410 e. The second-order valence-corrected chi connectivity index (χ2v) is 10.4. The molecule has 0 saturated carbocycles. The molecular formula is C26H35N3O5. The van der Waals surface area contributed by atoms with Crippen molar-refractivity contribution in [2.45, 2.75) is 45.6 Å². The molecule has 1 aromatic heterocycles. The molecule has 1 aromatic carbocycles. The van der Waals surface area contributed by atoms with Crippen molar-refractivity contribution in [2.24, 2.45) is 5.41 Å². The lowest BCUT2D eigenvalue weighted by atomic mass is 9.86. The van der Waals surface area contributed by atoms with Gasteiger partial charge in [0, 0.05) is 43.2 Å². The summed E-state index contributed by atoms with van der Waals surface area (Å²) in [7, 11) is 1.37. The van der Waals surface area contributed by atoms with Crippen molar-refractivity contribution in [1.82, 2.24) is 14.8 Å². The van der Waals surface area contributed by atoms with Gasteiger partial charge >= 0.3 is 12.1 Å². The fourth-order valence-electron chi connectivity index (χ4n) is 4.95. The average Bonchev–Trinajstić information content (AvgIpc) is 3.41. The fraction of sp³-hybridized carbons (Fsp3) is 0.577. The first-order valence-corrected chi connectivity index (χ1v) is 12.0. The molecule has 3 heterocycles. The van der Waals surface area contributed by atoms with Gasteiger partial charge in [-0.25, -0.2) is 9.59 Å². The summed E-state index contributed by atoms with van der Waals surface area (Å²) in [5, 5.41) is 0.726. The van der Waals surface area contributed by atoms with Crippen molar-refractivity contribution in [2.75, 3.05) is 46.4 Å². The summed E-state index contributed by atoms with van der Waals surface area (Å²) in [6.45, 7) is 10.9. The molecule has 2 aromatic rings. The Labute approximate surface area is 201 Å². The molecule has 8 heteroatoms. The first-order chi connectivity index (χ1) is 16.2. The van der Waals surface area contributed by atoms with E-state index in [2.05, 4.69) is 9.88 Å². The molecule has 1 amide bonds.